The number of halogens is 2. The van der Waals surface area contributed by atoms with Gasteiger partial charge in [0.05, 0.1) is 6.61 Å². The zero-order valence-electron chi connectivity index (χ0n) is 13.8. The second-order valence-electron chi connectivity index (χ2n) is 5.47. The summed E-state index contributed by atoms with van der Waals surface area (Å²) in [6.07, 6.45) is 1.45. The molecule has 2 aromatic rings. The van der Waals surface area contributed by atoms with Gasteiger partial charge in [-0.3, -0.25) is 0 Å². The van der Waals surface area contributed by atoms with Crippen molar-refractivity contribution >= 4 is 0 Å². The molecule has 3 nitrogen and oxygen atoms in total. The van der Waals surface area contributed by atoms with Gasteiger partial charge in [0.25, 0.3) is 0 Å². The van der Waals surface area contributed by atoms with E-state index in [0.29, 0.717) is 12.4 Å². The molecule has 0 unspecified atom stereocenters. The van der Waals surface area contributed by atoms with Crippen LogP contribution in [0.5, 0.6) is 11.5 Å². The van der Waals surface area contributed by atoms with Crippen molar-refractivity contribution in [3.63, 3.8) is 0 Å². The van der Waals surface area contributed by atoms with E-state index in [9.17, 15) is 8.78 Å². The maximum atomic E-state index is 12.9. The fourth-order valence-electron chi connectivity index (χ4n) is 2.07. The molecule has 0 radical (unpaired) electrons. The Labute approximate surface area is 161 Å². The van der Waals surface area contributed by atoms with Crippen molar-refractivity contribution in [3.05, 3.63) is 66.6 Å². The van der Waals surface area contributed by atoms with E-state index in [0.717, 1.165) is 29.7 Å². The molecule has 136 valence electrons. The number of hydrogen-bond acceptors (Lipinski definition) is 3. The molecule has 25 heavy (non-hydrogen) atoms. The summed E-state index contributed by atoms with van der Waals surface area (Å²) in [6, 6.07) is 14.8. The maximum Gasteiger partial charge on any atom is 0.303 e. The number of benzene rings is 2. The van der Waals surface area contributed by atoms with Gasteiger partial charge in [0.1, 0.15) is 18.1 Å². The summed E-state index contributed by atoms with van der Waals surface area (Å²) in [5, 5.41) is 8.51. The molecule has 2 rings (SSSR count). The fraction of sp³-hybridized carbons (Fsp3) is 0.316. The van der Waals surface area contributed by atoms with E-state index in [-0.39, 0.29) is 21.1 Å². The van der Waals surface area contributed by atoms with Gasteiger partial charge in [-0.1, -0.05) is 24.3 Å². The average molecular weight is 519 g/mol. The molecule has 0 fully saturated rings. The van der Waals surface area contributed by atoms with Gasteiger partial charge < -0.3 is 21.5 Å². The largest absolute Gasteiger partial charge is 0.496 e. The van der Waals surface area contributed by atoms with E-state index in [1.165, 1.54) is 0 Å². The summed E-state index contributed by atoms with van der Waals surface area (Å²) in [5.41, 5.74) is 2.17. The van der Waals surface area contributed by atoms with Crippen LogP contribution in [-0.4, -0.2) is 30.8 Å². The number of aliphatic hydroxyl groups excluding tert-OH is 1. The van der Waals surface area contributed by atoms with Crippen molar-refractivity contribution in [2.24, 2.45) is 0 Å². The van der Waals surface area contributed by atoms with Crippen LogP contribution in [0.25, 0.3) is 0 Å². The Morgan fingerprint density at radius 1 is 0.880 bits per heavy atom. The minimum atomic E-state index is -3.23. The van der Waals surface area contributed by atoms with Gasteiger partial charge in [0.15, 0.2) is 6.61 Å². The van der Waals surface area contributed by atoms with E-state index in [1.54, 1.807) is 12.1 Å². The van der Waals surface area contributed by atoms with Crippen molar-refractivity contribution in [1.29, 1.82) is 0 Å². The molecule has 0 aliphatic carbocycles. The topological polar surface area (TPSA) is 38.7 Å². The molecule has 1 N–H and O–H groups in total. The first kappa shape index (κ1) is 21.6. The molecule has 0 aliphatic rings. The summed E-state index contributed by atoms with van der Waals surface area (Å²) < 4.78 is 36.3. The quantitative estimate of drug-likeness (QED) is 0.512. The predicted molar refractivity (Wildman–Crippen MR) is 88.7 cm³/mol. The van der Waals surface area contributed by atoms with Gasteiger partial charge in [0.2, 0.25) is 0 Å². The molecule has 0 heterocycles. The molecular weight excluding hydrogens is 498 g/mol. The first-order valence-corrected chi connectivity index (χ1v) is 7.74. The molecule has 0 aliphatic heterocycles. The average Bonchev–Trinajstić information content (AvgIpc) is 2.61. The number of rotatable bonds is 9. The van der Waals surface area contributed by atoms with E-state index in [2.05, 4.69) is 6.92 Å². The first-order chi connectivity index (χ1) is 11.5. The Morgan fingerprint density at radius 2 is 1.36 bits per heavy atom. The Hall–Kier alpha value is -1.45. The van der Waals surface area contributed by atoms with Crippen LogP contribution in [0, 0.1) is 6.92 Å². The van der Waals surface area contributed by atoms with E-state index < -0.39 is 19.1 Å². The van der Waals surface area contributed by atoms with Gasteiger partial charge in [-0.15, -0.1) is 6.42 Å². The third kappa shape index (κ3) is 7.53. The van der Waals surface area contributed by atoms with Crippen LogP contribution in [0.2, 0.25) is 0 Å². The zero-order chi connectivity index (χ0) is 17.4. The Bertz CT molecular complexity index is 616. The molecule has 0 amide bonds. The van der Waals surface area contributed by atoms with Crippen LogP contribution >= 0.6 is 0 Å². The van der Waals surface area contributed by atoms with Gasteiger partial charge in [0, 0.05) is 21.1 Å². The number of hydrogen-bond donors (Lipinski definition) is 1. The van der Waals surface area contributed by atoms with E-state index in [4.69, 9.17) is 14.6 Å². The third-order valence-corrected chi connectivity index (χ3v) is 3.35. The number of aliphatic hydroxyl groups is 1. The minimum absolute atomic E-state index is 0. The van der Waals surface area contributed by atoms with Crippen LogP contribution in [0.1, 0.15) is 17.5 Å². The van der Waals surface area contributed by atoms with Crippen molar-refractivity contribution in [1.82, 2.24) is 0 Å². The fourth-order valence-corrected chi connectivity index (χ4v) is 2.07. The Morgan fingerprint density at radius 3 is 1.80 bits per heavy atom. The molecule has 6 heteroatoms. The Kier molecular flexibility index (Phi) is 9.08. The summed E-state index contributed by atoms with van der Waals surface area (Å²) >= 11 is 0. The molecule has 0 atom stereocenters. The minimum Gasteiger partial charge on any atom is -0.496 e. The molecule has 0 spiro atoms. The summed E-state index contributed by atoms with van der Waals surface area (Å²) in [7, 11) is 0. The number of alkyl halides is 2. The molecule has 0 bridgehead atoms. The van der Waals surface area contributed by atoms with Crippen LogP contribution in [0.15, 0.2) is 48.5 Å². The molecular formula is C19H21F2O3W-. The van der Waals surface area contributed by atoms with Gasteiger partial charge in [-0.2, -0.15) is 0 Å². The van der Waals surface area contributed by atoms with Crippen molar-refractivity contribution in [2.75, 3.05) is 19.8 Å². The van der Waals surface area contributed by atoms with Crippen LogP contribution < -0.4 is 9.47 Å². The molecule has 0 aromatic heterocycles. The maximum absolute atomic E-state index is 12.9. The zero-order valence-corrected chi connectivity index (χ0v) is 16.7. The van der Waals surface area contributed by atoms with Crippen LogP contribution in [-0.2, 0) is 27.5 Å². The van der Waals surface area contributed by atoms with E-state index in [1.807, 2.05) is 36.4 Å². The van der Waals surface area contributed by atoms with Crippen LogP contribution in [0.4, 0.5) is 8.78 Å². The van der Waals surface area contributed by atoms with Crippen molar-refractivity contribution in [2.45, 2.75) is 18.8 Å². The van der Waals surface area contributed by atoms with Crippen molar-refractivity contribution in [3.8, 4) is 11.5 Å². The molecule has 0 saturated heterocycles. The van der Waals surface area contributed by atoms with Gasteiger partial charge in [-0.25, -0.2) is 8.78 Å². The van der Waals surface area contributed by atoms with Gasteiger partial charge >= 0.3 is 5.92 Å². The second kappa shape index (κ2) is 10.5. The smallest absolute Gasteiger partial charge is 0.303 e. The predicted octanol–water partition coefficient (Wildman–Crippen LogP) is 3.88. The van der Waals surface area contributed by atoms with E-state index >= 15 is 0 Å². The standard InChI is InChI=1S/C19H21F2O3.W/c1-2-11-23-17-7-3-15(4-8-17)12-16-5-9-18(10-6-16)24-14-19(20,21)13-22;/h3-10,22H,1-2,11-14H2;/q-1;. The Balaban J connectivity index is 0.00000312. The summed E-state index contributed by atoms with van der Waals surface area (Å²) in [4.78, 5) is 0. The monoisotopic (exact) mass is 519 g/mol. The molecule has 0 saturated carbocycles. The van der Waals surface area contributed by atoms with Crippen molar-refractivity contribution < 1.29 is 44.4 Å². The van der Waals surface area contributed by atoms with Crippen LogP contribution in [0.3, 0.4) is 0 Å². The van der Waals surface area contributed by atoms with Gasteiger partial charge in [-0.05, 0) is 41.8 Å². The summed E-state index contributed by atoms with van der Waals surface area (Å²) in [6.45, 7) is 2.26. The first-order valence-electron chi connectivity index (χ1n) is 7.74. The molecule has 2 aromatic carbocycles. The second-order valence-corrected chi connectivity index (χ2v) is 5.47. The third-order valence-electron chi connectivity index (χ3n) is 3.35. The normalized spacial score (nSPS) is 10.9. The number of ether oxygens (including phenoxy) is 2. The summed E-state index contributed by atoms with van der Waals surface area (Å²) in [5.74, 6) is -2.06. The SMILES string of the molecule is [CH2-]CCOc1ccc(Cc2ccc(OCC(F)(F)CO)cc2)cc1.[W].